The van der Waals surface area contributed by atoms with E-state index in [0.717, 1.165) is 44.9 Å². The fourth-order valence-electron chi connectivity index (χ4n) is 3.25. The van der Waals surface area contributed by atoms with Gasteiger partial charge in [-0.2, -0.15) is 0 Å². The summed E-state index contributed by atoms with van der Waals surface area (Å²) in [6.45, 7) is 0.669. The van der Waals surface area contributed by atoms with Gasteiger partial charge in [0.15, 0.2) is 0 Å². The average Bonchev–Trinajstić information content (AvgIpc) is 2.86. The molecule has 0 spiro atoms. The van der Waals surface area contributed by atoms with Gasteiger partial charge in [0.1, 0.15) is 6.04 Å². The largest absolute Gasteiger partial charge is 0.347 e. The van der Waals surface area contributed by atoms with Crippen molar-refractivity contribution in [3.63, 3.8) is 0 Å². The first-order valence-corrected chi connectivity index (χ1v) is 7.27. The third-order valence-electron chi connectivity index (χ3n) is 4.41. The molecular weight excluding hydrogens is 242 g/mol. The summed E-state index contributed by atoms with van der Waals surface area (Å²) in [5.41, 5.74) is 5.58. The van der Waals surface area contributed by atoms with Crippen LogP contribution in [-0.4, -0.2) is 53.8 Å². The first-order chi connectivity index (χ1) is 8.96. The number of nitrogens with zero attached hydrogens (tertiary/aromatic N) is 2. The maximum atomic E-state index is 12.7. The van der Waals surface area contributed by atoms with Crippen molar-refractivity contribution in [1.82, 2.24) is 9.80 Å². The summed E-state index contributed by atoms with van der Waals surface area (Å²) in [7, 11) is 3.48. The molecule has 0 aromatic heterocycles. The van der Waals surface area contributed by atoms with Gasteiger partial charge in [-0.15, -0.1) is 0 Å². The Morgan fingerprint density at radius 3 is 2.37 bits per heavy atom. The highest BCUT2D eigenvalue weighted by Crippen LogP contribution is 2.30. The monoisotopic (exact) mass is 267 g/mol. The third-order valence-corrected chi connectivity index (χ3v) is 4.41. The lowest BCUT2D eigenvalue weighted by atomic mass is 9.81. The summed E-state index contributed by atoms with van der Waals surface area (Å²) >= 11 is 0. The lowest BCUT2D eigenvalue weighted by Gasteiger charge is -2.37. The van der Waals surface area contributed by atoms with Crippen LogP contribution in [0, 0.1) is 0 Å². The molecule has 5 heteroatoms. The molecule has 0 radical (unpaired) electrons. The van der Waals surface area contributed by atoms with Gasteiger partial charge >= 0.3 is 0 Å². The van der Waals surface area contributed by atoms with Crippen molar-refractivity contribution in [2.24, 2.45) is 5.73 Å². The van der Waals surface area contributed by atoms with E-state index < -0.39 is 5.54 Å². The van der Waals surface area contributed by atoms with Gasteiger partial charge in [-0.3, -0.25) is 9.59 Å². The first-order valence-electron chi connectivity index (χ1n) is 7.27. The van der Waals surface area contributed by atoms with Gasteiger partial charge in [0.25, 0.3) is 0 Å². The fraction of sp³-hybridized carbons (Fsp3) is 0.857. The average molecular weight is 267 g/mol. The molecule has 1 atom stereocenters. The van der Waals surface area contributed by atoms with Crippen LogP contribution >= 0.6 is 0 Å². The minimum Gasteiger partial charge on any atom is -0.347 e. The van der Waals surface area contributed by atoms with Crippen LogP contribution < -0.4 is 5.73 Å². The van der Waals surface area contributed by atoms with E-state index in [4.69, 9.17) is 5.73 Å². The molecule has 0 aromatic carbocycles. The van der Waals surface area contributed by atoms with E-state index in [1.807, 2.05) is 0 Å². The Morgan fingerprint density at radius 2 is 1.79 bits per heavy atom. The molecule has 0 bridgehead atoms. The second kappa shape index (κ2) is 5.49. The number of likely N-dealkylation sites (tertiary alicyclic amines) is 1. The van der Waals surface area contributed by atoms with Crippen molar-refractivity contribution in [3.05, 3.63) is 0 Å². The zero-order chi connectivity index (χ0) is 14.0. The number of hydrogen-bond donors (Lipinski definition) is 1. The second-order valence-corrected chi connectivity index (χ2v) is 6.11. The lowest BCUT2D eigenvalue weighted by molar-refractivity contribution is -0.146. The number of nitrogens with two attached hydrogens (primary N) is 1. The Balaban J connectivity index is 2.11. The van der Waals surface area contributed by atoms with Gasteiger partial charge in [-0.05, 0) is 25.7 Å². The van der Waals surface area contributed by atoms with Gasteiger partial charge in [0.2, 0.25) is 11.8 Å². The Labute approximate surface area is 115 Å². The van der Waals surface area contributed by atoms with Crippen molar-refractivity contribution >= 4 is 11.8 Å². The number of rotatable bonds is 2. The molecule has 2 rings (SSSR count). The van der Waals surface area contributed by atoms with E-state index >= 15 is 0 Å². The van der Waals surface area contributed by atoms with E-state index in [0.29, 0.717) is 6.54 Å². The molecule has 1 aliphatic carbocycles. The van der Waals surface area contributed by atoms with Crippen molar-refractivity contribution in [2.75, 3.05) is 20.6 Å². The fourth-order valence-corrected chi connectivity index (χ4v) is 3.25. The normalized spacial score (nSPS) is 26.3. The smallest absolute Gasteiger partial charge is 0.244 e. The molecule has 2 aliphatic rings. The SMILES string of the molecule is CN(C)C(=O)C1CCCN1C(=O)C1(N)CCCCC1. The van der Waals surface area contributed by atoms with Gasteiger partial charge in [-0.1, -0.05) is 19.3 Å². The zero-order valence-corrected chi connectivity index (χ0v) is 12.0. The summed E-state index contributed by atoms with van der Waals surface area (Å²) in [4.78, 5) is 28.1. The summed E-state index contributed by atoms with van der Waals surface area (Å²) in [6.07, 6.45) is 6.36. The Kier molecular flexibility index (Phi) is 4.13. The quantitative estimate of drug-likeness (QED) is 0.802. The van der Waals surface area contributed by atoms with Crippen LogP contribution in [0.1, 0.15) is 44.9 Å². The Hall–Kier alpha value is -1.10. The molecule has 108 valence electrons. The second-order valence-electron chi connectivity index (χ2n) is 6.11. The Bertz CT molecular complexity index is 362. The van der Waals surface area contributed by atoms with Gasteiger partial charge < -0.3 is 15.5 Å². The lowest BCUT2D eigenvalue weighted by Crippen LogP contribution is -2.59. The zero-order valence-electron chi connectivity index (χ0n) is 12.0. The highest BCUT2D eigenvalue weighted by atomic mass is 16.2. The Morgan fingerprint density at radius 1 is 1.16 bits per heavy atom. The molecule has 2 fully saturated rings. The molecular formula is C14H25N3O2. The molecule has 5 nitrogen and oxygen atoms in total. The summed E-state index contributed by atoms with van der Waals surface area (Å²) in [5, 5.41) is 0. The maximum absolute atomic E-state index is 12.7. The van der Waals surface area contributed by atoms with Crippen molar-refractivity contribution in [1.29, 1.82) is 0 Å². The molecule has 1 saturated carbocycles. The summed E-state index contributed by atoms with van der Waals surface area (Å²) in [6, 6.07) is -0.301. The molecule has 2 N–H and O–H groups in total. The van der Waals surface area contributed by atoms with E-state index in [9.17, 15) is 9.59 Å². The molecule has 2 amide bonds. The molecule has 1 heterocycles. The van der Waals surface area contributed by atoms with Crippen molar-refractivity contribution in [2.45, 2.75) is 56.5 Å². The minimum absolute atomic E-state index is 0.00935. The summed E-state index contributed by atoms with van der Waals surface area (Å²) in [5.74, 6) is 0.00941. The van der Waals surface area contributed by atoms with Crippen LogP contribution in [0.3, 0.4) is 0 Å². The van der Waals surface area contributed by atoms with Crippen LogP contribution in [0.25, 0.3) is 0 Å². The van der Waals surface area contributed by atoms with Crippen LogP contribution in [0.2, 0.25) is 0 Å². The van der Waals surface area contributed by atoms with Gasteiger partial charge in [0, 0.05) is 20.6 Å². The molecule has 0 aromatic rings. The van der Waals surface area contributed by atoms with Crippen molar-refractivity contribution < 1.29 is 9.59 Å². The minimum atomic E-state index is -0.729. The highest BCUT2D eigenvalue weighted by Gasteiger charge is 2.44. The number of amides is 2. The van der Waals surface area contributed by atoms with Crippen LogP contribution in [0.15, 0.2) is 0 Å². The van der Waals surface area contributed by atoms with E-state index in [-0.39, 0.29) is 17.9 Å². The van der Waals surface area contributed by atoms with E-state index in [1.54, 1.807) is 23.9 Å². The first kappa shape index (κ1) is 14.3. The van der Waals surface area contributed by atoms with Crippen LogP contribution in [-0.2, 0) is 9.59 Å². The van der Waals surface area contributed by atoms with Crippen LogP contribution in [0.5, 0.6) is 0 Å². The van der Waals surface area contributed by atoms with Crippen LogP contribution in [0.4, 0.5) is 0 Å². The number of carbonyl (C=O) groups excluding carboxylic acids is 2. The molecule has 19 heavy (non-hydrogen) atoms. The highest BCUT2D eigenvalue weighted by molar-refractivity contribution is 5.92. The standard InChI is InChI=1S/C14H25N3O2/c1-16(2)12(18)11-7-6-10-17(11)13(19)14(15)8-4-3-5-9-14/h11H,3-10,15H2,1-2H3. The van der Waals surface area contributed by atoms with Gasteiger partial charge in [-0.25, -0.2) is 0 Å². The number of likely N-dealkylation sites (N-methyl/N-ethyl adjacent to an activating group) is 1. The van der Waals surface area contributed by atoms with E-state index in [2.05, 4.69) is 0 Å². The molecule has 1 saturated heterocycles. The predicted octanol–water partition coefficient (Wildman–Crippen LogP) is 0.727. The molecule has 1 unspecified atom stereocenters. The number of carbonyl (C=O) groups is 2. The third kappa shape index (κ3) is 2.76. The molecule has 1 aliphatic heterocycles. The van der Waals surface area contributed by atoms with E-state index in [1.165, 1.54) is 0 Å². The maximum Gasteiger partial charge on any atom is 0.244 e. The van der Waals surface area contributed by atoms with Gasteiger partial charge in [0.05, 0.1) is 5.54 Å². The topological polar surface area (TPSA) is 66.6 Å². The van der Waals surface area contributed by atoms with Crippen molar-refractivity contribution in [3.8, 4) is 0 Å². The summed E-state index contributed by atoms with van der Waals surface area (Å²) < 4.78 is 0. The number of hydrogen-bond acceptors (Lipinski definition) is 3. The predicted molar refractivity (Wildman–Crippen MR) is 73.4 cm³/mol.